The van der Waals surface area contributed by atoms with E-state index in [0.717, 1.165) is 24.8 Å². The van der Waals surface area contributed by atoms with Gasteiger partial charge in [0.05, 0.1) is 14.8 Å². The quantitative estimate of drug-likeness (QED) is 0.852. The fourth-order valence-electron chi connectivity index (χ4n) is 2.81. The fourth-order valence-corrected chi connectivity index (χ4v) is 5.15. The second-order valence-electron chi connectivity index (χ2n) is 5.69. The van der Waals surface area contributed by atoms with E-state index in [-0.39, 0.29) is 11.8 Å². The van der Waals surface area contributed by atoms with Crippen LogP contribution in [0.5, 0.6) is 0 Å². The molecule has 1 atom stereocenters. The Labute approximate surface area is 147 Å². The van der Waals surface area contributed by atoms with Gasteiger partial charge in [-0.15, -0.1) is 22.7 Å². The minimum Gasteiger partial charge on any atom is -0.355 e. The molecule has 2 aromatic heterocycles. The van der Waals surface area contributed by atoms with E-state index in [1.54, 1.807) is 19.2 Å². The Bertz CT molecular complexity index is 766. The van der Waals surface area contributed by atoms with E-state index in [4.69, 9.17) is 11.6 Å². The van der Waals surface area contributed by atoms with Crippen LogP contribution in [0, 0.1) is 5.92 Å². The Morgan fingerprint density at radius 3 is 2.70 bits per heavy atom. The number of hydrogen-bond donors (Lipinski definition) is 2. The molecule has 0 spiro atoms. The molecule has 2 aromatic rings. The molecule has 0 aromatic carbocycles. The summed E-state index contributed by atoms with van der Waals surface area (Å²) in [5, 5.41) is 6.22. The Morgan fingerprint density at radius 2 is 2.04 bits per heavy atom. The SMILES string of the molecule is CNC(=O)c1c(NC(=O)c2ccc(Cl)s2)sc2c1CC[C@@H](C)C2. The third-order valence-corrected chi connectivity index (χ3v) is 6.39. The lowest BCUT2D eigenvalue weighted by Gasteiger charge is -2.18. The zero-order chi connectivity index (χ0) is 16.6. The maximum atomic E-state index is 12.4. The summed E-state index contributed by atoms with van der Waals surface area (Å²) in [4.78, 5) is 26.4. The smallest absolute Gasteiger partial charge is 0.266 e. The fraction of sp³-hybridized carbons (Fsp3) is 0.375. The van der Waals surface area contributed by atoms with Gasteiger partial charge in [0.25, 0.3) is 11.8 Å². The average Bonchev–Trinajstić information content (AvgIpc) is 3.09. The van der Waals surface area contributed by atoms with Crippen molar-refractivity contribution in [3.8, 4) is 0 Å². The predicted octanol–water partition coefficient (Wildman–Crippen LogP) is 4.20. The van der Waals surface area contributed by atoms with Gasteiger partial charge in [0.1, 0.15) is 5.00 Å². The highest BCUT2D eigenvalue weighted by Gasteiger charge is 2.28. The highest BCUT2D eigenvalue weighted by Crippen LogP contribution is 2.40. The first-order chi connectivity index (χ1) is 11.0. The maximum Gasteiger partial charge on any atom is 0.266 e. The molecule has 2 amide bonds. The molecule has 1 aliphatic rings. The second-order valence-corrected chi connectivity index (χ2v) is 8.51. The van der Waals surface area contributed by atoms with Gasteiger partial charge in [-0.1, -0.05) is 18.5 Å². The van der Waals surface area contributed by atoms with Gasteiger partial charge in [0.2, 0.25) is 0 Å². The number of thiophene rings is 2. The van der Waals surface area contributed by atoms with Crippen molar-refractivity contribution in [2.24, 2.45) is 5.92 Å². The zero-order valence-corrected chi connectivity index (χ0v) is 15.3. The molecule has 122 valence electrons. The highest BCUT2D eigenvalue weighted by atomic mass is 35.5. The van der Waals surface area contributed by atoms with E-state index < -0.39 is 0 Å². The zero-order valence-electron chi connectivity index (χ0n) is 12.9. The molecule has 0 aliphatic heterocycles. The number of fused-ring (bicyclic) bond motifs is 1. The molecule has 1 aliphatic carbocycles. The molecular weight excluding hydrogens is 352 g/mol. The molecule has 23 heavy (non-hydrogen) atoms. The standard InChI is InChI=1S/C16H17ClN2O2S2/c1-8-3-4-9-11(7-8)23-16(13(9)15(21)18-2)19-14(20)10-5-6-12(17)22-10/h5-6,8H,3-4,7H2,1-2H3,(H,18,21)(H,19,20)/t8-/m1/s1. The summed E-state index contributed by atoms with van der Waals surface area (Å²) >= 11 is 8.63. The number of hydrogen-bond acceptors (Lipinski definition) is 4. The highest BCUT2D eigenvalue weighted by molar-refractivity contribution is 7.18. The molecule has 0 saturated heterocycles. The van der Waals surface area contributed by atoms with E-state index in [2.05, 4.69) is 17.6 Å². The lowest BCUT2D eigenvalue weighted by molar-refractivity contribution is 0.0963. The van der Waals surface area contributed by atoms with Gasteiger partial charge < -0.3 is 10.6 Å². The molecule has 0 radical (unpaired) electrons. The Kier molecular flexibility index (Phi) is 4.75. The van der Waals surface area contributed by atoms with Crippen LogP contribution >= 0.6 is 34.3 Å². The lowest BCUT2D eigenvalue weighted by Crippen LogP contribution is -2.22. The molecule has 4 nitrogen and oxygen atoms in total. The van der Waals surface area contributed by atoms with Crippen molar-refractivity contribution in [2.75, 3.05) is 12.4 Å². The Balaban J connectivity index is 1.95. The van der Waals surface area contributed by atoms with Crippen molar-refractivity contribution < 1.29 is 9.59 Å². The van der Waals surface area contributed by atoms with E-state index in [9.17, 15) is 9.59 Å². The summed E-state index contributed by atoms with van der Waals surface area (Å²) in [6.45, 7) is 2.22. The molecule has 2 heterocycles. The number of amides is 2. The summed E-state index contributed by atoms with van der Waals surface area (Å²) in [7, 11) is 1.61. The first-order valence-corrected chi connectivity index (χ1v) is 9.44. The van der Waals surface area contributed by atoms with Crippen molar-refractivity contribution >= 4 is 51.1 Å². The number of carbonyl (C=O) groups is 2. The van der Waals surface area contributed by atoms with Crippen molar-refractivity contribution in [1.82, 2.24) is 5.32 Å². The van der Waals surface area contributed by atoms with Gasteiger partial charge in [-0.2, -0.15) is 0 Å². The van der Waals surface area contributed by atoms with E-state index in [1.165, 1.54) is 27.6 Å². The van der Waals surface area contributed by atoms with Crippen LogP contribution in [0.3, 0.4) is 0 Å². The molecule has 0 bridgehead atoms. The van der Waals surface area contributed by atoms with Crippen LogP contribution in [-0.4, -0.2) is 18.9 Å². The lowest BCUT2D eigenvalue weighted by atomic mass is 9.88. The van der Waals surface area contributed by atoms with Gasteiger partial charge in [0, 0.05) is 11.9 Å². The van der Waals surface area contributed by atoms with Gasteiger partial charge in [0.15, 0.2) is 0 Å². The molecule has 0 unspecified atom stereocenters. The molecule has 0 saturated carbocycles. The number of carbonyl (C=O) groups excluding carboxylic acids is 2. The van der Waals surface area contributed by atoms with Gasteiger partial charge in [-0.3, -0.25) is 9.59 Å². The normalized spacial score (nSPS) is 16.7. The third kappa shape index (κ3) is 3.29. The second kappa shape index (κ2) is 6.63. The number of rotatable bonds is 3. The Hall–Kier alpha value is -1.37. The van der Waals surface area contributed by atoms with E-state index >= 15 is 0 Å². The van der Waals surface area contributed by atoms with Crippen LogP contribution in [0.2, 0.25) is 4.34 Å². The summed E-state index contributed by atoms with van der Waals surface area (Å²) in [5.41, 5.74) is 1.71. The average molecular weight is 369 g/mol. The van der Waals surface area contributed by atoms with Crippen LogP contribution in [-0.2, 0) is 12.8 Å². The molecule has 7 heteroatoms. The van der Waals surface area contributed by atoms with Crippen molar-refractivity contribution in [2.45, 2.75) is 26.2 Å². The van der Waals surface area contributed by atoms with Crippen molar-refractivity contribution in [3.05, 3.63) is 37.4 Å². The summed E-state index contributed by atoms with van der Waals surface area (Å²) < 4.78 is 0.570. The third-order valence-electron chi connectivity index (χ3n) is 3.99. The topological polar surface area (TPSA) is 58.2 Å². The van der Waals surface area contributed by atoms with E-state index in [1.807, 2.05) is 0 Å². The van der Waals surface area contributed by atoms with Crippen molar-refractivity contribution in [1.29, 1.82) is 0 Å². The summed E-state index contributed by atoms with van der Waals surface area (Å²) in [5.74, 6) is 0.244. The van der Waals surface area contributed by atoms with E-state index in [0.29, 0.717) is 25.7 Å². The number of halogens is 1. The van der Waals surface area contributed by atoms with Gasteiger partial charge >= 0.3 is 0 Å². The minimum absolute atomic E-state index is 0.142. The first-order valence-electron chi connectivity index (χ1n) is 7.43. The number of anilines is 1. The largest absolute Gasteiger partial charge is 0.355 e. The van der Waals surface area contributed by atoms with Gasteiger partial charge in [-0.25, -0.2) is 0 Å². The van der Waals surface area contributed by atoms with Gasteiger partial charge in [-0.05, 0) is 42.9 Å². The molecule has 0 fully saturated rings. The molecule has 2 N–H and O–H groups in total. The van der Waals surface area contributed by atoms with Crippen LogP contribution in [0.25, 0.3) is 0 Å². The predicted molar refractivity (Wildman–Crippen MR) is 96.2 cm³/mol. The Morgan fingerprint density at radius 1 is 1.26 bits per heavy atom. The molecular formula is C16H17ClN2O2S2. The van der Waals surface area contributed by atoms with Crippen LogP contribution < -0.4 is 10.6 Å². The first kappa shape index (κ1) is 16.5. The van der Waals surface area contributed by atoms with Crippen LogP contribution in [0.15, 0.2) is 12.1 Å². The monoisotopic (exact) mass is 368 g/mol. The minimum atomic E-state index is -0.223. The molecule has 3 rings (SSSR count). The summed E-state index contributed by atoms with van der Waals surface area (Å²) in [6.07, 6.45) is 2.92. The van der Waals surface area contributed by atoms with Crippen LogP contribution in [0.4, 0.5) is 5.00 Å². The van der Waals surface area contributed by atoms with Crippen LogP contribution in [0.1, 0.15) is 43.8 Å². The van der Waals surface area contributed by atoms with Crippen molar-refractivity contribution in [3.63, 3.8) is 0 Å². The number of nitrogens with one attached hydrogen (secondary N) is 2. The summed E-state index contributed by atoms with van der Waals surface area (Å²) in [6, 6.07) is 3.39. The maximum absolute atomic E-state index is 12.4.